The lowest BCUT2D eigenvalue weighted by Crippen LogP contribution is -2.14. The highest BCUT2D eigenvalue weighted by atomic mass is 16.3. The van der Waals surface area contributed by atoms with E-state index in [0.717, 1.165) is 12.8 Å². The molecule has 0 rings (SSSR count). The quantitative estimate of drug-likeness (QED) is 0.445. The van der Waals surface area contributed by atoms with Crippen LogP contribution >= 0.6 is 0 Å². The Bertz CT molecular complexity index is 169. The highest BCUT2D eigenvalue weighted by Crippen LogP contribution is 2.13. The van der Waals surface area contributed by atoms with Gasteiger partial charge in [0, 0.05) is 0 Å². The average Bonchev–Trinajstić information content (AvgIpc) is 2.35. The van der Waals surface area contributed by atoms with Crippen LogP contribution in [0, 0.1) is 0 Å². The van der Waals surface area contributed by atoms with E-state index in [4.69, 9.17) is 5.11 Å². The first-order valence-electron chi connectivity index (χ1n) is 8.53. The lowest BCUT2D eigenvalue weighted by Gasteiger charge is -2.11. The highest BCUT2D eigenvalue weighted by Gasteiger charge is 2.06. The first-order valence-corrected chi connectivity index (χ1v) is 8.53. The fourth-order valence-electron chi connectivity index (χ4n) is 2.56. The molecule has 19 heavy (non-hydrogen) atoms. The van der Waals surface area contributed by atoms with Gasteiger partial charge in [0.2, 0.25) is 0 Å². The maximum atomic E-state index is 9.60. The molecule has 0 aromatic heterocycles. The molecule has 116 valence electrons. The van der Waals surface area contributed by atoms with Crippen LogP contribution in [0.15, 0.2) is 0 Å². The van der Waals surface area contributed by atoms with Crippen molar-refractivity contribution in [2.75, 3.05) is 0 Å². The van der Waals surface area contributed by atoms with E-state index in [1.54, 1.807) is 6.92 Å². The maximum absolute atomic E-state index is 9.60. The van der Waals surface area contributed by atoms with E-state index >= 15 is 0 Å². The van der Waals surface area contributed by atoms with Crippen molar-refractivity contribution < 1.29 is 10.2 Å². The molecule has 0 aliphatic rings. The molecule has 0 saturated heterocycles. The fourth-order valence-corrected chi connectivity index (χ4v) is 2.56. The van der Waals surface area contributed by atoms with Crippen molar-refractivity contribution in [1.82, 2.24) is 0 Å². The van der Waals surface area contributed by atoms with E-state index < -0.39 is 0 Å². The Hall–Kier alpha value is -0.0800. The average molecular weight is 272 g/mol. The molecule has 0 spiro atoms. The Morgan fingerprint density at radius 3 is 1.53 bits per heavy atom. The van der Waals surface area contributed by atoms with E-state index in [0.29, 0.717) is 6.42 Å². The zero-order valence-electron chi connectivity index (χ0n) is 13.2. The minimum absolute atomic E-state index is 0.307. The SMILES string of the molecule is CCCCCCCCCCCCCC(O)CC(C)O. The topological polar surface area (TPSA) is 40.5 Å². The lowest BCUT2D eigenvalue weighted by atomic mass is 10.0. The van der Waals surface area contributed by atoms with Gasteiger partial charge in [0.1, 0.15) is 0 Å². The summed E-state index contributed by atoms with van der Waals surface area (Å²) in [5.74, 6) is 0. The van der Waals surface area contributed by atoms with Crippen LogP contribution in [0.1, 0.15) is 97.3 Å². The van der Waals surface area contributed by atoms with E-state index in [2.05, 4.69) is 6.92 Å². The van der Waals surface area contributed by atoms with Crippen LogP contribution in [0.4, 0.5) is 0 Å². The van der Waals surface area contributed by atoms with Gasteiger partial charge in [0.15, 0.2) is 0 Å². The fraction of sp³-hybridized carbons (Fsp3) is 1.00. The molecule has 2 unspecified atom stereocenters. The minimum Gasteiger partial charge on any atom is -0.393 e. The van der Waals surface area contributed by atoms with Crippen LogP contribution < -0.4 is 0 Å². The molecule has 0 aliphatic carbocycles. The van der Waals surface area contributed by atoms with E-state index in [1.807, 2.05) is 0 Å². The van der Waals surface area contributed by atoms with Crippen LogP contribution in [0.5, 0.6) is 0 Å². The number of unbranched alkanes of at least 4 members (excludes halogenated alkanes) is 10. The molecule has 0 fully saturated rings. The molecule has 2 atom stereocenters. The summed E-state index contributed by atoms with van der Waals surface area (Å²) in [5, 5.41) is 18.7. The Labute approximate surface area is 120 Å². The summed E-state index contributed by atoms with van der Waals surface area (Å²) >= 11 is 0. The standard InChI is InChI=1S/C17H36O2/c1-3-4-5-6-7-8-9-10-11-12-13-14-17(19)15-16(2)18/h16-19H,3-15H2,1-2H3. The Morgan fingerprint density at radius 1 is 0.684 bits per heavy atom. The summed E-state index contributed by atoms with van der Waals surface area (Å²) < 4.78 is 0. The van der Waals surface area contributed by atoms with Crippen LogP contribution in [-0.4, -0.2) is 22.4 Å². The van der Waals surface area contributed by atoms with E-state index in [-0.39, 0.29) is 12.2 Å². The minimum atomic E-state index is -0.372. The molecule has 2 nitrogen and oxygen atoms in total. The number of hydrogen-bond acceptors (Lipinski definition) is 2. The van der Waals surface area contributed by atoms with Gasteiger partial charge in [-0.25, -0.2) is 0 Å². The smallest absolute Gasteiger partial charge is 0.0564 e. The van der Waals surface area contributed by atoms with Gasteiger partial charge >= 0.3 is 0 Å². The van der Waals surface area contributed by atoms with Crippen molar-refractivity contribution in [2.45, 2.75) is 110 Å². The second-order valence-corrected chi connectivity index (χ2v) is 6.06. The normalized spacial score (nSPS) is 14.5. The van der Waals surface area contributed by atoms with Gasteiger partial charge in [0.25, 0.3) is 0 Å². The summed E-state index contributed by atoms with van der Waals surface area (Å²) in [6, 6.07) is 0. The highest BCUT2D eigenvalue weighted by molar-refractivity contribution is 4.60. The third-order valence-corrected chi connectivity index (χ3v) is 3.75. The Morgan fingerprint density at radius 2 is 1.11 bits per heavy atom. The third kappa shape index (κ3) is 15.9. The lowest BCUT2D eigenvalue weighted by molar-refractivity contribution is 0.0834. The van der Waals surface area contributed by atoms with Crippen molar-refractivity contribution in [2.24, 2.45) is 0 Å². The molecule has 0 amide bonds. The monoisotopic (exact) mass is 272 g/mol. The second-order valence-electron chi connectivity index (χ2n) is 6.06. The number of hydrogen-bond donors (Lipinski definition) is 2. The van der Waals surface area contributed by atoms with Gasteiger partial charge in [-0.15, -0.1) is 0 Å². The molecule has 0 heterocycles. The van der Waals surface area contributed by atoms with Gasteiger partial charge in [-0.3, -0.25) is 0 Å². The van der Waals surface area contributed by atoms with Gasteiger partial charge < -0.3 is 10.2 Å². The molecule has 2 heteroatoms. The zero-order valence-corrected chi connectivity index (χ0v) is 13.2. The van der Waals surface area contributed by atoms with Crippen molar-refractivity contribution >= 4 is 0 Å². The third-order valence-electron chi connectivity index (χ3n) is 3.75. The Kier molecular flexibility index (Phi) is 14.3. The first-order chi connectivity index (χ1) is 9.16. The predicted octanol–water partition coefficient (Wildman–Crippen LogP) is 4.82. The summed E-state index contributed by atoms with van der Waals surface area (Å²) in [6.45, 7) is 4.00. The van der Waals surface area contributed by atoms with Crippen molar-refractivity contribution in [3.8, 4) is 0 Å². The number of rotatable bonds is 14. The zero-order chi connectivity index (χ0) is 14.3. The van der Waals surface area contributed by atoms with Crippen LogP contribution in [0.3, 0.4) is 0 Å². The second kappa shape index (κ2) is 14.3. The molecular weight excluding hydrogens is 236 g/mol. The van der Waals surface area contributed by atoms with E-state index in [1.165, 1.54) is 64.2 Å². The molecule has 0 aromatic rings. The summed E-state index contributed by atoms with van der Waals surface area (Å²) in [4.78, 5) is 0. The van der Waals surface area contributed by atoms with Crippen molar-refractivity contribution in [3.63, 3.8) is 0 Å². The van der Waals surface area contributed by atoms with Crippen molar-refractivity contribution in [3.05, 3.63) is 0 Å². The molecule has 0 aliphatic heterocycles. The van der Waals surface area contributed by atoms with Gasteiger partial charge in [0.05, 0.1) is 12.2 Å². The van der Waals surface area contributed by atoms with Crippen LogP contribution in [0.2, 0.25) is 0 Å². The molecule has 0 radical (unpaired) electrons. The van der Waals surface area contributed by atoms with Gasteiger partial charge in [-0.2, -0.15) is 0 Å². The van der Waals surface area contributed by atoms with Gasteiger partial charge in [-0.05, 0) is 19.8 Å². The maximum Gasteiger partial charge on any atom is 0.0564 e. The largest absolute Gasteiger partial charge is 0.393 e. The van der Waals surface area contributed by atoms with Crippen LogP contribution in [0.25, 0.3) is 0 Å². The molecule has 0 bridgehead atoms. The first kappa shape index (κ1) is 18.9. The van der Waals surface area contributed by atoms with Gasteiger partial charge in [-0.1, -0.05) is 77.6 Å². The number of aliphatic hydroxyl groups excluding tert-OH is 2. The van der Waals surface area contributed by atoms with E-state index in [9.17, 15) is 5.11 Å². The molecule has 0 saturated carbocycles. The molecule has 2 N–H and O–H groups in total. The van der Waals surface area contributed by atoms with Crippen molar-refractivity contribution in [1.29, 1.82) is 0 Å². The summed E-state index contributed by atoms with van der Waals surface area (Å²) in [7, 11) is 0. The summed E-state index contributed by atoms with van der Waals surface area (Å²) in [5.41, 5.74) is 0. The Balaban J connectivity index is 3.06. The predicted molar refractivity (Wildman–Crippen MR) is 83.4 cm³/mol. The summed E-state index contributed by atoms with van der Waals surface area (Å²) in [6.07, 6.45) is 15.4. The number of aliphatic hydroxyl groups is 2. The molecular formula is C17H36O2. The van der Waals surface area contributed by atoms with Crippen LogP contribution in [-0.2, 0) is 0 Å². The molecule has 0 aromatic carbocycles.